The number of cyclic esters (lactones) is 1. The number of hydrogen-bond donors (Lipinski definition) is 0. The standard InChI is InChI=1S/C30H50O3/c1-3-4-5-6-7-8-9-10-11-12-13-14-15-16-20-23-28(24-29-26(2)30(31)33-29)32-25-27-21-18-17-19-22-27/h17-19,21-22,26,28-29H,3-16,20,23-25H2,1-2H3/t26-,28-,29-/m1/s1. The smallest absolute Gasteiger partial charge is 0.312 e. The molecule has 0 amide bonds. The maximum Gasteiger partial charge on any atom is 0.312 e. The van der Waals surface area contributed by atoms with Crippen LogP contribution in [0.5, 0.6) is 0 Å². The zero-order valence-electron chi connectivity index (χ0n) is 21.6. The van der Waals surface area contributed by atoms with Crippen LogP contribution in [0.1, 0.15) is 129 Å². The quantitative estimate of drug-likeness (QED) is 0.136. The van der Waals surface area contributed by atoms with Gasteiger partial charge in [-0.25, -0.2) is 0 Å². The van der Waals surface area contributed by atoms with Crippen LogP contribution in [0.2, 0.25) is 0 Å². The summed E-state index contributed by atoms with van der Waals surface area (Å²) in [7, 11) is 0. The molecule has 33 heavy (non-hydrogen) atoms. The molecule has 188 valence electrons. The van der Waals surface area contributed by atoms with Gasteiger partial charge in [0.05, 0.1) is 18.6 Å². The van der Waals surface area contributed by atoms with E-state index in [1.165, 1.54) is 102 Å². The lowest BCUT2D eigenvalue weighted by atomic mass is 9.92. The van der Waals surface area contributed by atoms with Gasteiger partial charge in [-0.05, 0) is 18.9 Å². The van der Waals surface area contributed by atoms with Crippen LogP contribution in [0.15, 0.2) is 30.3 Å². The van der Waals surface area contributed by atoms with Crippen molar-refractivity contribution in [3.05, 3.63) is 35.9 Å². The highest BCUT2D eigenvalue weighted by Crippen LogP contribution is 2.28. The number of carbonyl (C=O) groups excluding carboxylic acids is 1. The maximum absolute atomic E-state index is 11.4. The summed E-state index contributed by atoms with van der Waals surface area (Å²) in [5.41, 5.74) is 1.21. The Morgan fingerprint density at radius 2 is 1.30 bits per heavy atom. The summed E-state index contributed by atoms with van der Waals surface area (Å²) in [6.45, 7) is 4.89. The molecule has 2 rings (SSSR count). The zero-order valence-corrected chi connectivity index (χ0v) is 21.6. The Balaban J connectivity index is 1.47. The Kier molecular flexibility index (Phi) is 15.2. The van der Waals surface area contributed by atoms with Crippen LogP contribution in [0.4, 0.5) is 0 Å². The summed E-state index contributed by atoms with van der Waals surface area (Å²) < 4.78 is 11.6. The van der Waals surface area contributed by atoms with Gasteiger partial charge in [-0.2, -0.15) is 0 Å². The average molecular weight is 459 g/mol. The van der Waals surface area contributed by atoms with Crippen LogP contribution >= 0.6 is 0 Å². The van der Waals surface area contributed by atoms with Gasteiger partial charge >= 0.3 is 5.97 Å². The van der Waals surface area contributed by atoms with Crippen LogP contribution in [0, 0.1) is 5.92 Å². The number of benzene rings is 1. The van der Waals surface area contributed by atoms with E-state index in [1.807, 2.05) is 13.0 Å². The highest BCUT2D eigenvalue weighted by atomic mass is 16.6. The third kappa shape index (κ3) is 12.6. The van der Waals surface area contributed by atoms with E-state index in [0.29, 0.717) is 6.61 Å². The second kappa shape index (κ2) is 18.0. The largest absolute Gasteiger partial charge is 0.461 e. The number of esters is 1. The molecule has 0 radical (unpaired) electrons. The van der Waals surface area contributed by atoms with Crippen molar-refractivity contribution in [2.75, 3.05) is 0 Å². The Morgan fingerprint density at radius 1 is 0.788 bits per heavy atom. The molecule has 0 aliphatic carbocycles. The highest BCUT2D eigenvalue weighted by molar-refractivity contribution is 5.78. The average Bonchev–Trinajstić information content (AvgIpc) is 2.84. The molecule has 1 saturated heterocycles. The van der Waals surface area contributed by atoms with Gasteiger partial charge in [-0.3, -0.25) is 4.79 Å². The summed E-state index contributed by atoms with van der Waals surface area (Å²) in [5.74, 6) is -0.0392. The van der Waals surface area contributed by atoms with Crippen molar-refractivity contribution < 1.29 is 14.3 Å². The molecule has 1 aromatic carbocycles. The fourth-order valence-corrected chi connectivity index (χ4v) is 4.75. The van der Waals surface area contributed by atoms with Gasteiger partial charge in [0.2, 0.25) is 0 Å². The molecule has 0 aromatic heterocycles. The van der Waals surface area contributed by atoms with E-state index in [2.05, 4.69) is 31.2 Å². The lowest BCUT2D eigenvalue weighted by molar-refractivity contribution is -0.187. The minimum Gasteiger partial charge on any atom is -0.461 e. The van der Waals surface area contributed by atoms with Gasteiger partial charge < -0.3 is 9.47 Å². The van der Waals surface area contributed by atoms with Crippen molar-refractivity contribution >= 4 is 5.97 Å². The molecule has 0 spiro atoms. The summed E-state index contributed by atoms with van der Waals surface area (Å²) in [6, 6.07) is 10.4. The summed E-state index contributed by atoms with van der Waals surface area (Å²) in [5, 5.41) is 0. The predicted molar refractivity (Wildman–Crippen MR) is 138 cm³/mol. The molecule has 0 N–H and O–H groups in total. The third-order valence-corrected chi connectivity index (χ3v) is 7.15. The van der Waals surface area contributed by atoms with E-state index >= 15 is 0 Å². The Bertz CT molecular complexity index is 600. The molecular formula is C30H50O3. The topological polar surface area (TPSA) is 35.5 Å². The summed E-state index contributed by atoms with van der Waals surface area (Å²) >= 11 is 0. The minimum absolute atomic E-state index is 0.0221. The van der Waals surface area contributed by atoms with Gasteiger partial charge in [-0.15, -0.1) is 0 Å². The van der Waals surface area contributed by atoms with Crippen molar-refractivity contribution in [1.82, 2.24) is 0 Å². The lowest BCUT2D eigenvalue weighted by Gasteiger charge is -2.35. The number of hydrogen-bond acceptors (Lipinski definition) is 3. The van der Waals surface area contributed by atoms with Crippen LogP contribution in [0.3, 0.4) is 0 Å². The molecule has 3 heteroatoms. The van der Waals surface area contributed by atoms with Gasteiger partial charge in [0.1, 0.15) is 6.10 Å². The molecular weight excluding hydrogens is 408 g/mol. The van der Waals surface area contributed by atoms with Gasteiger partial charge in [0.25, 0.3) is 0 Å². The second-order valence-corrected chi connectivity index (χ2v) is 10.2. The molecule has 1 fully saturated rings. The molecule has 0 unspecified atom stereocenters. The first-order chi connectivity index (χ1) is 16.2. The van der Waals surface area contributed by atoms with E-state index in [4.69, 9.17) is 9.47 Å². The first kappa shape index (κ1) is 27.9. The van der Waals surface area contributed by atoms with E-state index < -0.39 is 0 Å². The minimum atomic E-state index is -0.0613. The maximum atomic E-state index is 11.4. The van der Waals surface area contributed by atoms with Crippen LogP contribution < -0.4 is 0 Å². The monoisotopic (exact) mass is 458 g/mol. The molecule has 1 heterocycles. The molecule has 3 atom stereocenters. The molecule has 0 saturated carbocycles. The van der Waals surface area contributed by atoms with Crippen molar-refractivity contribution in [2.45, 2.75) is 142 Å². The number of ether oxygens (including phenoxy) is 2. The van der Waals surface area contributed by atoms with E-state index in [0.717, 1.165) is 12.8 Å². The first-order valence-electron chi connectivity index (χ1n) is 14.1. The normalized spacial score (nSPS) is 18.7. The fraction of sp³-hybridized carbons (Fsp3) is 0.767. The van der Waals surface area contributed by atoms with Crippen LogP contribution in [-0.2, 0) is 20.9 Å². The van der Waals surface area contributed by atoms with Crippen molar-refractivity contribution in [3.63, 3.8) is 0 Å². The van der Waals surface area contributed by atoms with Gasteiger partial charge in [-0.1, -0.05) is 134 Å². The van der Waals surface area contributed by atoms with E-state index in [-0.39, 0.29) is 24.1 Å². The van der Waals surface area contributed by atoms with Crippen LogP contribution in [0.25, 0.3) is 0 Å². The van der Waals surface area contributed by atoms with Gasteiger partial charge in [0.15, 0.2) is 0 Å². The summed E-state index contributed by atoms with van der Waals surface area (Å²) in [4.78, 5) is 11.4. The second-order valence-electron chi connectivity index (χ2n) is 10.2. The lowest BCUT2D eigenvalue weighted by Crippen LogP contribution is -2.45. The van der Waals surface area contributed by atoms with E-state index in [1.54, 1.807) is 0 Å². The molecule has 1 aliphatic heterocycles. The molecule has 1 aromatic rings. The van der Waals surface area contributed by atoms with Crippen molar-refractivity contribution in [2.24, 2.45) is 5.92 Å². The zero-order chi connectivity index (χ0) is 23.6. The molecule has 3 nitrogen and oxygen atoms in total. The third-order valence-electron chi connectivity index (χ3n) is 7.15. The predicted octanol–water partition coefficient (Wildman–Crippen LogP) is 8.78. The number of unbranched alkanes of at least 4 members (excludes halogenated alkanes) is 14. The first-order valence-corrected chi connectivity index (χ1v) is 14.1. The van der Waals surface area contributed by atoms with E-state index in [9.17, 15) is 4.79 Å². The molecule has 0 bridgehead atoms. The SMILES string of the molecule is CCCCCCCCCCCCCCCCC[C@H](C[C@H]1OC(=O)[C@@H]1C)OCc1ccccc1. The number of carbonyl (C=O) groups is 1. The Morgan fingerprint density at radius 3 is 1.79 bits per heavy atom. The van der Waals surface area contributed by atoms with Crippen molar-refractivity contribution in [3.8, 4) is 0 Å². The number of rotatable bonds is 21. The van der Waals surface area contributed by atoms with Crippen molar-refractivity contribution in [1.29, 1.82) is 0 Å². The summed E-state index contributed by atoms with van der Waals surface area (Å²) in [6.07, 6.45) is 22.9. The molecule has 1 aliphatic rings. The Hall–Kier alpha value is -1.35. The highest BCUT2D eigenvalue weighted by Gasteiger charge is 2.39. The Labute approximate surface area is 204 Å². The fourth-order valence-electron chi connectivity index (χ4n) is 4.75. The van der Waals surface area contributed by atoms with Crippen LogP contribution in [-0.4, -0.2) is 18.2 Å². The van der Waals surface area contributed by atoms with Gasteiger partial charge in [0, 0.05) is 6.42 Å².